The monoisotopic (exact) mass is 821 g/mol. The van der Waals surface area contributed by atoms with Gasteiger partial charge >= 0.3 is 8.80 Å². The van der Waals surface area contributed by atoms with E-state index < -0.39 is 8.80 Å². The Bertz CT molecular complexity index is 667. The van der Waals surface area contributed by atoms with Gasteiger partial charge in [-0.25, -0.2) is 0 Å². The van der Waals surface area contributed by atoms with Crippen LogP contribution in [-0.4, -0.2) is 153 Å². The van der Waals surface area contributed by atoms with Crippen molar-refractivity contribution >= 4 is 21.4 Å². The first-order valence-electron chi connectivity index (χ1n) is 20.0. The van der Waals surface area contributed by atoms with Crippen molar-refractivity contribution in [1.29, 1.82) is 0 Å². The third-order valence-corrected chi connectivity index (χ3v) is 9.90. The minimum absolute atomic E-state index is 0.137. The molecule has 0 rings (SSSR count). The maximum absolute atomic E-state index is 8.31. The van der Waals surface area contributed by atoms with Gasteiger partial charge in [0, 0.05) is 59.6 Å². The molecule has 14 heteroatoms. The summed E-state index contributed by atoms with van der Waals surface area (Å²) in [5, 5.41) is 8.31. The molecule has 0 aromatic rings. The number of aliphatic hydroxyl groups excluding tert-OH is 1. The second kappa shape index (κ2) is 50.8. The zero-order chi connectivity index (χ0) is 41.6. The summed E-state index contributed by atoms with van der Waals surface area (Å²) in [4.78, 5) is 0. The lowest BCUT2D eigenvalue weighted by Gasteiger charge is -2.24. The van der Waals surface area contributed by atoms with Gasteiger partial charge in [-0.15, -0.1) is 6.58 Å². The first-order chi connectivity index (χ1) is 25.9. The number of hydrogen-bond acceptors (Lipinski definition) is 13. The molecule has 0 saturated carbocycles. The number of aliphatic hydroxyl groups is 1. The van der Waals surface area contributed by atoms with Crippen LogP contribution in [0.15, 0.2) is 12.7 Å². The molecule has 330 valence electrons. The van der Waals surface area contributed by atoms with Crippen molar-refractivity contribution in [3.05, 3.63) is 12.7 Å². The van der Waals surface area contributed by atoms with E-state index >= 15 is 0 Å². The molecule has 54 heavy (non-hydrogen) atoms. The van der Waals surface area contributed by atoms with Gasteiger partial charge in [-0.05, 0) is 49.4 Å². The van der Waals surface area contributed by atoms with E-state index in [1.165, 1.54) is 0 Å². The molecule has 0 bridgehead atoms. The largest absolute Gasteiger partial charge is 0.502 e. The molecule has 0 heterocycles. The Kier molecular flexibility index (Phi) is 57.0. The molecule has 12 nitrogen and oxygen atoms in total. The maximum Gasteiger partial charge on any atom is 0.502 e. The van der Waals surface area contributed by atoms with E-state index in [0.29, 0.717) is 90.6 Å². The van der Waals surface area contributed by atoms with Gasteiger partial charge in [0.15, 0.2) is 0 Å². The van der Waals surface area contributed by atoms with Gasteiger partial charge in [-0.3, -0.25) is 0 Å². The van der Waals surface area contributed by atoms with Crippen LogP contribution in [0.4, 0.5) is 0 Å². The van der Waals surface area contributed by atoms with Crippen LogP contribution in [0.2, 0.25) is 6.04 Å². The summed E-state index contributed by atoms with van der Waals surface area (Å²) in [6.07, 6.45) is 6.18. The van der Waals surface area contributed by atoms with Crippen molar-refractivity contribution in [2.24, 2.45) is 23.7 Å². The first-order valence-corrected chi connectivity index (χ1v) is 22.6. The molecule has 0 unspecified atom stereocenters. The van der Waals surface area contributed by atoms with Crippen molar-refractivity contribution in [3.8, 4) is 0 Å². The maximum atomic E-state index is 8.31. The molecule has 0 aliphatic heterocycles. The van der Waals surface area contributed by atoms with E-state index in [-0.39, 0.29) is 6.61 Å². The van der Waals surface area contributed by atoms with Gasteiger partial charge in [0.1, 0.15) is 0 Å². The zero-order valence-electron chi connectivity index (χ0n) is 36.7. The fourth-order valence-electron chi connectivity index (χ4n) is 3.51. The van der Waals surface area contributed by atoms with Crippen LogP contribution in [0.5, 0.6) is 0 Å². The number of rotatable bonds is 36. The molecule has 1 N–H and O–H groups in total. The Morgan fingerprint density at radius 3 is 1.06 bits per heavy atom. The highest BCUT2D eigenvalue weighted by Crippen LogP contribution is 2.12. The van der Waals surface area contributed by atoms with Crippen molar-refractivity contribution in [1.82, 2.24) is 0 Å². The minimum Gasteiger partial charge on any atom is -0.394 e. The van der Waals surface area contributed by atoms with Crippen molar-refractivity contribution < 1.29 is 56.3 Å². The van der Waals surface area contributed by atoms with Gasteiger partial charge in [0.2, 0.25) is 0 Å². The minimum atomic E-state index is -2.50. The SMILES string of the molecule is C=CCOCCOCCC(C)C.CC(C)CCOCCO.CC(C)CCOCCOCCS.CO[Si](CCOCCOCCOCCC(C)C)(OC)OC. The van der Waals surface area contributed by atoms with Crippen LogP contribution in [-0.2, 0) is 51.2 Å². The summed E-state index contributed by atoms with van der Waals surface area (Å²) in [5.74, 6) is 3.61. The summed E-state index contributed by atoms with van der Waals surface area (Å²) in [6.45, 7) is 31.9. The van der Waals surface area contributed by atoms with E-state index in [4.69, 9.17) is 56.3 Å². The molecular formula is C40H88O12SSi. The summed E-state index contributed by atoms with van der Waals surface area (Å²) in [6, 6.07) is 0.634. The van der Waals surface area contributed by atoms with Crippen LogP contribution >= 0.6 is 12.6 Å². The number of hydrogen-bond donors (Lipinski definition) is 2. The average molecular weight is 821 g/mol. The van der Waals surface area contributed by atoms with E-state index in [1.54, 1.807) is 27.4 Å². The van der Waals surface area contributed by atoms with Gasteiger partial charge in [0.05, 0.1) is 85.9 Å². The zero-order valence-corrected chi connectivity index (χ0v) is 38.6. The summed E-state index contributed by atoms with van der Waals surface area (Å²) < 4.78 is 58.3. The molecule has 0 saturated heterocycles. The molecule has 0 amide bonds. The number of thiol groups is 1. The Labute approximate surface area is 339 Å². The molecule has 0 aliphatic rings. The number of ether oxygens (including phenoxy) is 8. The molecule has 0 fully saturated rings. The lowest BCUT2D eigenvalue weighted by molar-refractivity contribution is 0.0125. The first kappa shape index (κ1) is 60.5. The van der Waals surface area contributed by atoms with Crippen molar-refractivity contribution in [2.75, 3.05) is 139 Å². The van der Waals surface area contributed by atoms with E-state index in [2.05, 4.69) is 74.6 Å². The standard InChI is InChI=1S/C14H32O6Si.C10H20O2.C9H20O2S.C7H16O2/c1-14(2)6-7-18-8-9-19-10-11-20-12-13-21(15-3,16-4)17-5;1-4-6-11-8-9-12-7-5-10(2)3;1-9(2)3-4-10-5-6-11-7-8-12;1-7(2)3-5-9-6-4-8/h14H,6-13H2,1-5H3;4,10H,1,5-9H2,2-3H3;9,12H,3-8H2,1-2H3;7-8H,3-6H2,1-2H3. The Balaban J connectivity index is -0.000000327. The van der Waals surface area contributed by atoms with E-state index in [9.17, 15) is 0 Å². The van der Waals surface area contributed by atoms with Gasteiger partial charge in [-0.2, -0.15) is 12.6 Å². The highest BCUT2D eigenvalue weighted by molar-refractivity contribution is 7.80. The molecular weight excluding hydrogens is 733 g/mol. The van der Waals surface area contributed by atoms with E-state index in [1.807, 2.05) is 0 Å². The van der Waals surface area contributed by atoms with Crippen molar-refractivity contribution in [3.63, 3.8) is 0 Å². The average Bonchev–Trinajstić information content (AvgIpc) is 3.14. The van der Waals surface area contributed by atoms with Gasteiger partial charge in [-0.1, -0.05) is 61.5 Å². The van der Waals surface area contributed by atoms with Gasteiger partial charge < -0.3 is 56.3 Å². The van der Waals surface area contributed by atoms with Crippen LogP contribution in [0, 0.1) is 23.7 Å². The van der Waals surface area contributed by atoms with Crippen LogP contribution < -0.4 is 0 Å². The lowest BCUT2D eigenvalue weighted by atomic mass is 10.1. The lowest BCUT2D eigenvalue weighted by Crippen LogP contribution is -2.43. The Hall–Kier alpha value is -0.173. The third-order valence-electron chi connectivity index (χ3n) is 7.04. The van der Waals surface area contributed by atoms with E-state index in [0.717, 1.165) is 76.3 Å². The van der Waals surface area contributed by atoms with Gasteiger partial charge in [0.25, 0.3) is 0 Å². The smallest absolute Gasteiger partial charge is 0.394 e. The third kappa shape index (κ3) is 58.5. The fraction of sp³-hybridized carbons (Fsp3) is 0.950. The molecule has 0 aliphatic carbocycles. The predicted octanol–water partition coefficient (Wildman–Crippen LogP) is 7.25. The molecule has 0 radical (unpaired) electrons. The van der Waals surface area contributed by atoms with Crippen molar-refractivity contribution in [2.45, 2.75) is 87.1 Å². The Morgan fingerprint density at radius 2 is 0.759 bits per heavy atom. The van der Waals surface area contributed by atoms with Crippen LogP contribution in [0.1, 0.15) is 81.1 Å². The molecule has 0 aromatic carbocycles. The molecule has 0 aromatic heterocycles. The summed E-state index contributed by atoms with van der Waals surface area (Å²) in [7, 11) is 2.29. The quantitative estimate of drug-likeness (QED) is 0.0287. The fourth-order valence-corrected chi connectivity index (χ4v) is 5.15. The predicted molar refractivity (Wildman–Crippen MR) is 227 cm³/mol. The van der Waals surface area contributed by atoms with Crippen LogP contribution in [0.3, 0.4) is 0 Å². The Morgan fingerprint density at radius 1 is 0.463 bits per heavy atom. The van der Waals surface area contributed by atoms with Crippen LogP contribution in [0.25, 0.3) is 0 Å². The highest BCUT2D eigenvalue weighted by atomic mass is 32.1. The topological polar surface area (TPSA) is 122 Å². The highest BCUT2D eigenvalue weighted by Gasteiger charge is 2.37. The summed E-state index contributed by atoms with van der Waals surface area (Å²) in [5.41, 5.74) is 0. The molecule has 0 atom stereocenters. The second-order valence-corrected chi connectivity index (χ2v) is 17.4. The second-order valence-electron chi connectivity index (χ2n) is 13.9. The normalized spacial score (nSPS) is 11.4. The molecule has 0 spiro atoms. The summed E-state index contributed by atoms with van der Waals surface area (Å²) >= 11 is 4.03.